The Morgan fingerprint density at radius 2 is 1.74 bits per heavy atom. The van der Waals surface area contributed by atoms with Crippen LogP contribution in [0.25, 0.3) is 21.2 Å². The van der Waals surface area contributed by atoms with E-state index >= 15 is 0 Å². The van der Waals surface area contributed by atoms with Crippen LogP contribution in [-0.2, 0) is 6.54 Å². The van der Waals surface area contributed by atoms with Gasteiger partial charge >= 0.3 is 0 Å². The largest absolute Gasteiger partial charge is 0.310 e. The fourth-order valence-electron chi connectivity index (χ4n) is 2.78. The molecule has 0 N–H and O–H groups in total. The monoisotopic (exact) mass is 317 g/mol. The van der Waals surface area contributed by atoms with E-state index in [0.717, 1.165) is 11.1 Å². The molecule has 2 heterocycles. The first kappa shape index (κ1) is 14.0. The molecule has 2 nitrogen and oxygen atoms in total. The quantitative estimate of drug-likeness (QED) is 0.533. The van der Waals surface area contributed by atoms with Crippen molar-refractivity contribution in [3.8, 4) is 10.4 Å². The van der Waals surface area contributed by atoms with Crippen molar-refractivity contribution in [1.29, 1.82) is 0 Å². The summed E-state index contributed by atoms with van der Waals surface area (Å²) in [4.78, 5) is 13.4. The van der Waals surface area contributed by atoms with Crippen LogP contribution in [0.3, 0.4) is 0 Å². The molecule has 3 heteroatoms. The topological polar surface area (TPSA) is 22.0 Å². The average molecular weight is 317 g/mol. The van der Waals surface area contributed by atoms with E-state index in [2.05, 4.69) is 36.4 Å². The summed E-state index contributed by atoms with van der Waals surface area (Å²) in [6.45, 7) is 0.586. The summed E-state index contributed by atoms with van der Waals surface area (Å²) in [6.07, 6.45) is 1.95. The number of fused-ring (bicyclic) bond motifs is 1. The van der Waals surface area contributed by atoms with E-state index in [-0.39, 0.29) is 5.56 Å². The van der Waals surface area contributed by atoms with E-state index in [0.29, 0.717) is 6.54 Å². The maximum absolute atomic E-state index is 12.2. The summed E-state index contributed by atoms with van der Waals surface area (Å²) < 4.78 is 1.78. The third-order valence-corrected chi connectivity index (χ3v) is 4.87. The molecule has 0 aliphatic rings. The van der Waals surface area contributed by atoms with Crippen molar-refractivity contribution in [2.24, 2.45) is 0 Å². The van der Waals surface area contributed by atoms with Gasteiger partial charge in [-0.25, -0.2) is 0 Å². The molecule has 2 aromatic carbocycles. The van der Waals surface area contributed by atoms with Gasteiger partial charge in [-0.05, 0) is 39.9 Å². The zero-order chi connectivity index (χ0) is 15.6. The first-order chi connectivity index (χ1) is 11.3. The van der Waals surface area contributed by atoms with Gasteiger partial charge in [0.2, 0.25) is 0 Å². The molecule has 23 heavy (non-hydrogen) atoms. The van der Waals surface area contributed by atoms with Crippen molar-refractivity contribution in [1.82, 2.24) is 4.57 Å². The molecule has 0 bridgehead atoms. The Bertz CT molecular complexity index is 1020. The van der Waals surface area contributed by atoms with Crippen molar-refractivity contribution >= 4 is 22.1 Å². The Kier molecular flexibility index (Phi) is 3.56. The van der Waals surface area contributed by atoms with Gasteiger partial charge in [-0.15, -0.1) is 11.3 Å². The van der Waals surface area contributed by atoms with Crippen LogP contribution in [0.4, 0.5) is 0 Å². The van der Waals surface area contributed by atoms with E-state index < -0.39 is 0 Å². The van der Waals surface area contributed by atoms with Crippen molar-refractivity contribution in [2.45, 2.75) is 6.54 Å². The molecule has 0 fully saturated rings. The highest BCUT2D eigenvalue weighted by Gasteiger charge is 2.04. The Labute approximate surface area is 138 Å². The van der Waals surface area contributed by atoms with Gasteiger partial charge in [0.1, 0.15) is 0 Å². The van der Waals surface area contributed by atoms with Gasteiger partial charge in [0.05, 0.1) is 6.54 Å². The van der Waals surface area contributed by atoms with Crippen LogP contribution in [-0.4, -0.2) is 4.57 Å². The summed E-state index contributed by atoms with van der Waals surface area (Å²) in [5.41, 5.74) is 2.24. The summed E-state index contributed by atoms with van der Waals surface area (Å²) in [5, 5.41) is 4.47. The number of hydrogen-bond acceptors (Lipinski definition) is 2. The number of rotatable bonds is 3. The molecular weight excluding hydrogens is 302 g/mol. The summed E-state index contributed by atoms with van der Waals surface area (Å²) in [5.74, 6) is 0. The molecule has 2 aromatic heterocycles. The van der Waals surface area contributed by atoms with Gasteiger partial charge in [-0.3, -0.25) is 4.79 Å². The fraction of sp³-hybridized carbons (Fsp3) is 0.0500. The highest BCUT2D eigenvalue weighted by Crippen LogP contribution is 2.23. The number of nitrogens with zero attached hydrogens (tertiary/aromatic N) is 1. The molecule has 0 aliphatic heterocycles. The Morgan fingerprint density at radius 1 is 0.870 bits per heavy atom. The molecule has 112 valence electrons. The number of aromatic nitrogens is 1. The van der Waals surface area contributed by atoms with Gasteiger partial charge in [-0.2, -0.15) is 0 Å². The maximum Gasteiger partial charge on any atom is 0.250 e. The summed E-state index contributed by atoms with van der Waals surface area (Å²) >= 11 is 1.68. The van der Waals surface area contributed by atoms with Gasteiger partial charge in [0.25, 0.3) is 5.56 Å². The van der Waals surface area contributed by atoms with E-state index in [1.165, 1.54) is 15.6 Å². The van der Waals surface area contributed by atoms with Gasteiger partial charge < -0.3 is 4.57 Å². The molecule has 0 unspecified atom stereocenters. The lowest BCUT2D eigenvalue weighted by molar-refractivity contribution is 0.762. The van der Waals surface area contributed by atoms with Crippen molar-refractivity contribution in [2.75, 3.05) is 0 Å². The van der Waals surface area contributed by atoms with Gasteiger partial charge in [-0.1, -0.05) is 42.5 Å². The zero-order valence-corrected chi connectivity index (χ0v) is 13.3. The summed E-state index contributed by atoms with van der Waals surface area (Å²) in [7, 11) is 0. The number of hydrogen-bond donors (Lipinski definition) is 0. The minimum Gasteiger partial charge on any atom is -0.310 e. The lowest BCUT2D eigenvalue weighted by Crippen LogP contribution is -2.18. The standard InChI is InChI=1S/C20H15NOS/c22-20-10-9-18(19-6-3-11-23-19)14-21(20)13-15-7-8-16-4-1-2-5-17(16)12-15/h1-12,14H,13H2. The van der Waals surface area contributed by atoms with E-state index in [9.17, 15) is 4.79 Å². The number of benzene rings is 2. The average Bonchev–Trinajstić information content (AvgIpc) is 3.11. The van der Waals surface area contributed by atoms with Gasteiger partial charge in [0.15, 0.2) is 0 Å². The van der Waals surface area contributed by atoms with Crippen molar-refractivity contribution < 1.29 is 0 Å². The number of pyridine rings is 1. The van der Waals surface area contributed by atoms with Crippen LogP contribution in [0.1, 0.15) is 5.56 Å². The van der Waals surface area contributed by atoms with E-state index in [4.69, 9.17) is 0 Å². The third-order valence-electron chi connectivity index (χ3n) is 3.96. The van der Waals surface area contributed by atoms with E-state index in [1.54, 1.807) is 22.0 Å². The smallest absolute Gasteiger partial charge is 0.250 e. The first-order valence-corrected chi connectivity index (χ1v) is 8.40. The minimum absolute atomic E-state index is 0.0264. The third kappa shape index (κ3) is 2.83. The van der Waals surface area contributed by atoms with Crippen LogP contribution in [0, 0.1) is 0 Å². The summed E-state index contributed by atoms with van der Waals surface area (Å²) in [6, 6.07) is 22.3. The number of thiophene rings is 1. The normalized spacial score (nSPS) is 11.0. The van der Waals surface area contributed by atoms with Crippen LogP contribution >= 0.6 is 11.3 Å². The Balaban J connectivity index is 1.72. The second-order valence-corrected chi connectivity index (χ2v) is 6.49. The molecule has 0 saturated carbocycles. The highest BCUT2D eigenvalue weighted by molar-refractivity contribution is 7.13. The second-order valence-electron chi connectivity index (χ2n) is 5.54. The molecule has 0 spiro atoms. The Morgan fingerprint density at radius 3 is 2.57 bits per heavy atom. The van der Waals surface area contributed by atoms with Crippen molar-refractivity contribution in [3.05, 3.63) is 94.2 Å². The minimum atomic E-state index is 0.0264. The molecule has 4 aromatic rings. The molecule has 0 aliphatic carbocycles. The SMILES string of the molecule is O=c1ccc(-c2cccs2)cn1Cc1ccc2ccccc2c1. The molecule has 0 amide bonds. The van der Waals surface area contributed by atoms with Gasteiger partial charge in [0, 0.05) is 22.7 Å². The van der Waals surface area contributed by atoms with Crippen LogP contribution in [0.2, 0.25) is 0 Å². The van der Waals surface area contributed by atoms with Crippen LogP contribution in [0.15, 0.2) is 83.1 Å². The van der Waals surface area contributed by atoms with E-state index in [1.807, 2.05) is 35.8 Å². The lowest BCUT2D eigenvalue weighted by atomic mass is 10.1. The fourth-order valence-corrected chi connectivity index (χ4v) is 3.50. The van der Waals surface area contributed by atoms with Crippen LogP contribution in [0.5, 0.6) is 0 Å². The molecular formula is C20H15NOS. The molecule has 0 atom stereocenters. The molecule has 0 saturated heterocycles. The molecule has 0 radical (unpaired) electrons. The zero-order valence-electron chi connectivity index (χ0n) is 12.5. The second kappa shape index (κ2) is 5.86. The highest BCUT2D eigenvalue weighted by atomic mass is 32.1. The van der Waals surface area contributed by atoms with Crippen molar-refractivity contribution in [3.63, 3.8) is 0 Å². The molecule has 4 rings (SSSR count). The lowest BCUT2D eigenvalue weighted by Gasteiger charge is -2.09. The Hall–Kier alpha value is -2.65. The first-order valence-electron chi connectivity index (χ1n) is 7.52. The van der Waals surface area contributed by atoms with Crippen LogP contribution < -0.4 is 5.56 Å². The predicted octanol–water partition coefficient (Wildman–Crippen LogP) is 4.78. The predicted molar refractivity (Wildman–Crippen MR) is 97.1 cm³/mol. The maximum atomic E-state index is 12.2.